The number of nitrogens with one attached hydrogen (secondary N) is 3. The summed E-state index contributed by atoms with van der Waals surface area (Å²) in [5.41, 5.74) is 6.20. The van der Waals surface area contributed by atoms with E-state index < -0.39 is 0 Å². The Morgan fingerprint density at radius 1 is 1.24 bits per heavy atom. The molecule has 5 N–H and O–H groups in total. The maximum absolute atomic E-state index is 12.7. The average Bonchev–Trinajstić information content (AvgIpc) is 3.27. The molecular weight excluding hydrogens is 266 g/mol. The van der Waals surface area contributed by atoms with Gasteiger partial charge in [-0.3, -0.25) is 15.0 Å². The summed E-state index contributed by atoms with van der Waals surface area (Å²) in [5.74, 6) is 0.723. The number of carbonyl (C=O) groups is 1. The van der Waals surface area contributed by atoms with Gasteiger partial charge >= 0.3 is 0 Å². The molecule has 21 heavy (non-hydrogen) atoms. The molecular formula is C15H27N5O. The van der Waals surface area contributed by atoms with E-state index in [2.05, 4.69) is 27.8 Å². The Morgan fingerprint density at radius 2 is 2.05 bits per heavy atom. The highest BCUT2D eigenvalue weighted by Gasteiger charge is 2.51. The number of carbonyl (C=O) groups excluding carboxylic acids is 1. The molecule has 1 saturated carbocycles. The Kier molecular flexibility index (Phi) is 3.45. The highest BCUT2D eigenvalue weighted by molar-refractivity contribution is 5.80. The zero-order chi connectivity index (χ0) is 14.6. The largest absolute Gasteiger partial charge is 0.350 e. The minimum Gasteiger partial charge on any atom is -0.350 e. The third-order valence-electron chi connectivity index (χ3n) is 5.65. The highest BCUT2D eigenvalue weighted by atomic mass is 16.2. The molecule has 1 amide bonds. The molecule has 0 aromatic carbocycles. The molecule has 0 spiro atoms. The molecule has 6 unspecified atom stereocenters. The van der Waals surface area contributed by atoms with Crippen molar-refractivity contribution >= 4 is 5.91 Å². The maximum Gasteiger partial charge on any atom is 0.226 e. The van der Waals surface area contributed by atoms with Crippen molar-refractivity contribution in [3.8, 4) is 0 Å². The van der Waals surface area contributed by atoms with E-state index in [4.69, 9.17) is 5.73 Å². The first-order valence-corrected chi connectivity index (χ1v) is 8.48. The zero-order valence-corrected chi connectivity index (χ0v) is 12.7. The van der Waals surface area contributed by atoms with Crippen LogP contribution in [0.2, 0.25) is 0 Å². The lowest BCUT2D eigenvalue weighted by Gasteiger charge is -2.47. The number of hydrogen-bond donors (Lipinski definition) is 4. The van der Waals surface area contributed by atoms with Gasteiger partial charge in [0, 0.05) is 6.04 Å². The lowest BCUT2D eigenvalue weighted by atomic mass is 9.89. The maximum atomic E-state index is 12.7. The molecule has 0 radical (unpaired) electrons. The Hall–Kier alpha value is -0.690. The van der Waals surface area contributed by atoms with Crippen molar-refractivity contribution in [1.82, 2.24) is 20.9 Å². The number of nitrogens with two attached hydrogens (primary N) is 1. The second kappa shape index (κ2) is 5.19. The van der Waals surface area contributed by atoms with Crippen molar-refractivity contribution in [1.29, 1.82) is 0 Å². The highest BCUT2D eigenvalue weighted by Crippen LogP contribution is 2.38. The third kappa shape index (κ3) is 2.38. The van der Waals surface area contributed by atoms with Gasteiger partial charge in [-0.15, -0.1) is 0 Å². The molecule has 6 atom stereocenters. The van der Waals surface area contributed by atoms with E-state index in [9.17, 15) is 4.79 Å². The average molecular weight is 293 g/mol. The smallest absolute Gasteiger partial charge is 0.226 e. The molecule has 4 fully saturated rings. The van der Waals surface area contributed by atoms with E-state index in [0.717, 1.165) is 25.8 Å². The van der Waals surface area contributed by atoms with Gasteiger partial charge in [0.25, 0.3) is 0 Å². The van der Waals surface area contributed by atoms with Gasteiger partial charge in [0.05, 0.1) is 30.5 Å². The Labute approximate surface area is 126 Å². The first kappa shape index (κ1) is 13.9. The normalized spacial score (nSPS) is 48.0. The third-order valence-corrected chi connectivity index (χ3v) is 5.65. The van der Waals surface area contributed by atoms with Crippen molar-refractivity contribution in [3.05, 3.63) is 0 Å². The summed E-state index contributed by atoms with van der Waals surface area (Å²) in [6, 6.07) is 0.776. The molecule has 0 aromatic rings. The molecule has 118 valence electrons. The minimum atomic E-state index is 0.0274. The molecule has 0 bridgehead atoms. The fourth-order valence-corrected chi connectivity index (χ4v) is 4.47. The van der Waals surface area contributed by atoms with Crippen molar-refractivity contribution in [2.45, 2.75) is 69.6 Å². The van der Waals surface area contributed by atoms with Crippen LogP contribution in [-0.4, -0.2) is 47.9 Å². The van der Waals surface area contributed by atoms with Gasteiger partial charge in [0.1, 0.15) is 0 Å². The summed E-state index contributed by atoms with van der Waals surface area (Å²) in [6.45, 7) is 3.22. The Bertz CT molecular complexity index is 426. The van der Waals surface area contributed by atoms with Gasteiger partial charge in [-0.2, -0.15) is 0 Å². The number of rotatable bonds is 1. The van der Waals surface area contributed by atoms with Crippen LogP contribution < -0.4 is 21.7 Å². The van der Waals surface area contributed by atoms with E-state index in [1.54, 1.807) is 0 Å². The fraction of sp³-hybridized carbons (Fsp3) is 0.933. The van der Waals surface area contributed by atoms with Gasteiger partial charge < -0.3 is 16.4 Å². The van der Waals surface area contributed by atoms with Crippen LogP contribution in [0, 0.1) is 11.8 Å². The molecule has 6 heteroatoms. The van der Waals surface area contributed by atoms with Crippen molar-refractivity contribution < 1.29 is 4.79 Å². The van der Waals surface area contributed by atoms with Crippen LogP contribution in [0.1, 0.15) is 39.0 Å². The topological polar surface area (TPSA) is 82.4 Å². The van der Waals surface area contributed by atoms with Gasteiger partial charge in [0.15, 0.2) is 0 Å². The number of hydrogen-bond acceptors (Lipinski definition) is 5. The van der Waals surface area contributed by atoms with Gasteiger partial charge in [-0.25, -0.2) is 0 Å². The summed E-state index contributed by atoms with van der Waals surface area (Å²) in [6.07, 6.45) is 5.85. The molecule has 4 rings (SSSR count). The molecule has 1 aliphatic carbocycles. The minimum absolute atomic E-state index is 0.0274. The quantitative estimate of drug-likeness (QED) is 0.525. The Balaban J connectivity index is 1.69. The molecule has 3 saturated heterocycles. The van der Waals surface area contributed by atoms with Gasteiger partial charge in [0.2, 0.25) is 5.91 Å². The van der Waals surface area contributed by atoms with Crippen molar-refractivity contribution in [3.63, 3.8) is 0 Å². The number of nitrogens with zero attached hydrogens (tertiary/aromatic N) is 1. The van der Waals surface area contributed by atoms with Crippen molar-refractivity contribution in [2.75, 3.05) is 6.54 Å². The zero-order valence-electron chi connectivity index (χ0n) is 12.7. The van der Waals surface area contributed by atoms with Crippen LogP contribution in [0.15, 0.2) is 0 Å². The summed E-state index contributed by atoms with van der Waals surface area (Å²) in [4.78, 5) is 15.2. The van der Waals surface area contributed by atoms with E-state index in [1.807, 2.05) is 0 Å². The predicted molar refractivity (Wildman–Crippen MR) is 80.0 cm³/mol. The monoisotopic (exact) mass is 293 g/mol. The van der Waals surface area contributed by atoms with E-state index in [-0.39, 0.29) is 36.4 Å². The number of fused-ring (bicyclic) bond motifs is 2. The predicted octanol–water partition coefficient (Wildman–Crippen LogP) is -0.485. The van der Waals surface area contributed by atoms with Crippen LogP contribution >= 0.6 is 0 Å². The second-order valence-corrected chi connectivity index (χ2v) is 7.29. The fourth-order valence-electron chi connectivity index (χ4n) is 4.47. The lowest BCUT2D eigenvalue weighted by Crippen LogP contribution is -2.69. The van der Waals surface area contributed by atoms with Crippen molar-refractivity contribution in [2.24, 2.45) is 17.6 Å². The molecule has 6 nitrogen and oxygen atoms in total. The first-order chi connectivity index (χ1) is 10.1. The van der Waals surface area contributed by atoms with E-state index in [1.165, 1.54) is 12.8 Å². The van der Waals surface area contributed by atoms with E-state index in [0.29, 0.717) is 12.0 Å². The summed E-state index contributed by atoms with van der Waals surface area (Å²) >= 11 is 0. The first-order valence-electron chi connectivity index (χ1n) is 8.48. The summed E-state index contributed by atoms with van der Waals surface area (Å²) in [5, 5.41) is 10.5. The molecule has 3 heterocycles. The van der Waals surface area contributed by atoms with Crippen LogP contribution in [0.4, 0.5) is 0 Å². The summed E-state index contributed by atoms with van der Waals surface area (Å²) < 4.78 is 0. The summed E-state index contributed by atoms with van der Waals surface area (Å²) in [7, 11) is 0. The SMILES string of the molecule is CC1CC(N)NC2C1NC(=O)C1CCCNC1N2C1CC1. The Morgan fingerprint density at radius 3 is 2.81 bits per heavy atom. The standard InChI is InChI=1S/C15H27N5O/c1-8-7-11(16)18-14-12(8)19-15(21)10-3-2-6-17-13(10)20(14)9-4-5-9/h8-14,17-18H,2-7,16H2,1H3,(H,19,21). The molecule has 0 aromatic heterocycles. The number of amides is 1. The van der Waals surface area contributed by atoms with Crippen LogP contribution in [0.25, 0.3) is 0 Å². The number of piperidine rings is 2. The van der Waals surface area contributed by atoms with Gasteiger partial charge in [-0.1, -0.05) is 6.92 Å². The van der Waals surface area contributed by atoms with Crippen LogP contribution in [-0.2, 0) is 4.79 Å². The van der Waals surface area contributed by atoms with Gasteiger partial charge in [-0.05, 0) is 44.6 Å². The molecule has 4 aliphatic rings. The lowest BCUT2D eigenvalue weighted by molar-refractivity contribution is -0.127. The van der Waals surface area contributed by atoms with Crippen LogP contribution in [0.5, 0.6) is 0 Å². The van der Waals surface area contributed by atoms with E-state index >= 15 is 0 Å². The van der Waals surface area contributed by atoms with Crippen LogP contribution in [0.3, 0.4) is 0 Å². The molecule has 3 aliphatic heterocycles. The second-order valence-electron chi connectivity index (χ2n) is 7.29.